The molecule has 0 bridgehead atoms. The van der Waals surface area contributed by atoms with E-state index in [0.717, 1.165) is 6.42 Å². The average molecular weight is 475 g/mol. The molecule has 1 nitrogen and oxygen atoms in total. The van der Waals surface area contributed by atoms with E-state index in [-0.39, 0.29) is 5.56 Å². The summed E-state index contributed by atoms with van der Waals surface area (Å²) in [5.74, 6) is -4.86. The molecule has 1 heterocycles. The van der Waals surface area contributed by atoms with Crippen molar-refractivity contribution in [2.45, 2.75) is 63.6 Å². The fourth-order valence-corrected chi connectivity index (χ4v) is 8.19. The molecule has 8 heteroatoms. The minimum absolute atomic E-state index is 0.356. The highest BCUT2D eigenvalue weighted by atomic mass is 28.3. The van der Waals surface area contributed by atoms with Crippen LogP contribution < -0.4 is 4.74 Å². The number of hydrogen-bond acceptors (Lipinski definition) is 1. The predicted molar refractivity (Wildman–Crippen MR) is 116 cm³/mol. The molecule has 2 aromatic rings. The van der Waals surface area contributed by atoms with Crippen LogP contribution in [-0.4, -0.2) is 21.8 Å². The van der Waals surface area contributed by atoms with Gasteiger partial charge in [-0.05, 0) is 54.2 Å². The molecule has 0 amide bonds. The van der Waals surface area contributed by atoms with Gasteiger partial charge in [-0.25, -0.2) is 26.3 Å². The van der Waals surface area contributed by atoms with Crippen LogP contribution in [0.3, 0.4) is 0 Å². The summed E-state index contributed by atoms with van der Waals surface area (Å²) in [5.41, 5.74) is -0.405. The quantitative estimate of drug-likeness (QED) is 0.270. The monoisotopic (exact) mass is 474 g/mol. The molecule has 0 spiro atoms. The third-order valence-corrected chi connectivity index (χ3v) is 9.94. The summed E-state index contributed by atoms with van der Waals surface area (Å²) in [6.07, 6.45) is 2.14. The highest BCUT2D eigenvalue weighted by Crippen LogP contribution is 2.34. The van der Waals surface area contributed by atoms with Crippen molar-refractivity contribution in [1.29, 1.82) is 0 Å². The van der Waals surface area contributed by atoms with Gasteiger partial charge in [-0.1, -0.05) is 44.3 Å². The Bertz CT molecular complexity index is 865. The van der Waals surface area contributed by atoms with Crippen LogP contribution in [-0.2, 0) is 6.42 Å². The van der Waals surface area contributed by atoms with Gasteiger partial charge in [-0.15, -0.1) is 0 Å². The predicted octanol–water partition coefficient (Wildman–Crippen LogP) is 7.53. The van der Waals surface area contributed by atoms with Gasteiger partial charge in [0.25, 0.3) is 6.43 Å². The Morgan fingerprint density at radius 1 is 0.938 bits per heavy atom. The summed E-state index contributed by atoms with van der Waals surface area (Å²) >= 11 is 0. The Morgan fingerprint density at radius 2 is 1.53 bits per heavy atom. The SMILES string of the molecule is CCC[Si@H]1CC[C@H](CCc2cc(F)c(-c3cc(F)c(OCC(F)F)c(F)c3)c(F)c2)CC1. The first-order valence-electron chi connectivity index (χ1n) is 11.2. The zero-order chi connectivity index (χ0) is 23.3. The molecule has 2 aromatic carbocycles. The standard InChI is InChI=1S/C24H28F6OSi/c1-2-7-32-8-5-15(6-9-32)3-4-16-10-18(25)23(19(26)11-16)17-12-20(27)24(21(28)13-17)31-14-22(29)30/h10-13,15,22,32H,2-9,14H2,1H3/t15-,32-. The lowest BCUT2D eigenvalue weighted by molar-refractivity contribution is 0.0777. The average Bonchev–Trinajstić information content (AvgIpc) is 2.72. The van der Waals surface area contributed by atoms with Crippen molar-refractivity contribution in [2.75, 3.05) is 6.61 Å². The van der Waals surface area contributed by atoms with Crippen molar-refractivity contribution in [3.8, 4) is 16.9 Å². The van der Waals surface area contributed by atoms with Crippen LogP contribution >= 0.6 is 0 Å². The van der Waals surface area contributed by atoms with Gasteiger partial charge < -0.3 is 4.74 Å². The molecule has 176 valence electrons. The molecule has 1 aliphatic heterocycles. The zero-order valence-electron chi connectivity index (χ0n) is 18.1. The van der Waals surface area contributed by atoms with Gasteiger partial charge in [0.2, 0.25) is 0 Å². The number of alkyl halides is 2. The van der Waals surface area contributed by atoms with Crippen LogP contribution in [0.15, 0.2) is 24.3 Å². The van der Waals surface area contributed by atoms with Crippen LogP contribution in [0.1, 0.15) is 38.2 Å². The molecule has 0 aromatic heterocycles. The van der Waals surface area contributed by atoms with Crippen LogP contribution in [0.2, 0.25) is 18.1 Å². The van der Waals surface area contributed by atoms with Gasteiger partial charge in [-0.3, -0.25) is 0 Å². The zero-order valence-corrected chi connectivity index (χ0v) is 19.2. The molecule has 1 saturated heterocycles. The minimum atomic E-state index is -2.91. The fraction of sp³-hybridized carbons (Fsp3) is 0.500. The van der Waals surface area contributed by atoms with Crippen LogP contribution in [0.4, 0.5) is 26.3 Å². The molecular weight excluding hydrogens is 446 g/mol. The Hall–Kier alpha value is -1.96. The number of halogens is 6. The van der Waals surface area contributed by atoms with E-state index in [0.29, 0.717) is 30.0 Å². The van der Waals surface area contributed by atoms with E-state index < -0.39 is 56.4 Å². The second kappa shape index (κ2) is 11.3. The van der Waals surface area contributed by atoms with Crippen LogP contribution in [0.25, 0.3) is 11.1 Å². The molecule has 0 aliphatic carbocycles. The molecule has 0 unspecified atom stereocenters. The smallest absolute Gasteiger partial charge is 0.272 e. The lowest BCUT2D eigenvalue weighted by Crippen LogP contribution is -2.21. The van der Waals surface area contributed by atoms with Crippen molar-refractivity contribution in [3.05, 3.63) is 53.1 Å². The lowest BCUT2D eigenvalue weighted by atomic mass is 9.93. The van der Waals surface area contributed by atoms with E-state index in [4.69, 9.17) is 0 Å². The molecule has 0 N–H and O–H groups in total. The van der Waals surface area contributed by atoms with Gasteiger partial charge in [0.05, 0.1) is 5.56 Å². The Labute approximate surface area is 186 Å². The molecule has 3 rings (SSSR count). The maximum absolute atomic E-state index is 14.7. The van der Waals surface area contributed by atoms with Crippen LogP contribution in [0.5, 0.6) is 5.75 Å². The molecule has 0 saturated carbocycles. The Balaban J connectivity index is 1.69. The van der Waals surface area contributed by atoms with Gasteiger partial charge in [-0.2, -0.15) is 0 Å². The largest absolute Gasteiger partial charge is 0.482 e. The summed E-state index contributed by atoms with van der Waals surface area (Å²) in [7, 11) is -0.571. The Kier molecular flexibility index (Phi) is 8.68. The first-order chi connectivity index (χ1) is 15.3. The third-order valence-electron chi connectivity index (χ3n) is 6.25. The van der Waals surface area contributed by atoms with E-state index in [2.05, 4.69) is 11.7 Å². The van der Waals surface area contributed by atoms with Crippen molar-refractivity contribution in [3.63, 3.8) is 0 Å². The molecular formula is C24H28F6OSi. The summed E-state index contributed by atoms with van der Waals surface area (Å²) in [6, 6.07) is 7.85. The second-order valence-electron chi connectivity index (χ2n) is 8.62. The number of benzene rings is 2. The van der Waals surface area contributed by atoms with E-state index in [1.165, 1.54) is 49.5 Å². The van der Waals surface area contributed by atoms with Crippen LogP contribution in [0, 0.1) is 29.2 Å². The van der Waals surface area contributed by atoms with E-state index in [1.807, 2.05) is 0 Å². The van der Waals surface area contributed by atoms with Gasteiger partial charge in [0, 0.05) is 8.80 Å². The summed E-state index contributed by atoms with van der Waals surface area (Å²) in [6.45, 7) is 1.04. The number of hydrogen-bond donors (Lipinski definition) is 0. The van der Waals surface area contributed by atoms with E-state index >= 15 is 0 Å². The topological polar surface area (TPSA) is 9.23 Å². The van der Waals surface area contributed by atoms with Gasteiger partial charge in [0.15, 0.2) is 17.4 Å². The Morgan fingerprint density at radius 3 is 2.06 bits per heavy atom. The number of rotatable bonds is 9. The number of ether oxygens (including phenoxy) is 1. The highest BCUT2D eigenvalue weighted by molar-refractivity contribution is 6.58. The molecule has 32 heavy (non-hydrogen) atoms. The summed E-state index contributed by atoms with van der Waals surface area (Å²) < 4.78 is 86.6. The summed E-state index contributed by atoms with van der Waals surface area (Å²) in [5, 5.41) is 0. The normalized spacial score (nSPS) is 18.9. The maximum atomic E-state index is 14.7. The van der Waals surface area contributed by atoms with Crippen molar-refractivity contribution in [1.82, 2.24) is 0 Å². The third kappa shape index (κ3) is 6.30. The number of aryl methyl sites for hydroxylation is 1. The molecule has 0 atom stereocenters. The van der Waals surface area contributed by atoms with Crippen molar-refractivity contribution >= 4 is 8.80 Å². The van der Waals surface area contributed by atoms with Gasteiger partial charge >= 0.3 is 0 Å². The fourth-order valence-electron chi connectivity index (χ4n) is 4.62. The molecule has 1 fully saturated rings. The maximum Gasteiger partial charge on any atom is 0.272 e. The minimum Gasteiger partial charge on any atom is -0.482 e. The van der Waals surface area contributed by atoms with Crippen molar-refractivity contribution in [2.24, 2.45) is 5.92 Å². The van der Waals surface area contributed by atoms with E-state index in [9.17, 15) is 26.3 Å². The summed E-state index contributed by atoms with van der Waals surface area (Å²) in [4.78, 5) is 0. The molecule has 1 aliphatic rings. The molecule has 0 radical (unpaired) electrons. The van der Waals surface area contributed by atoms with E-state index in [1.54, 1.807) is 0 Å². The van der Waals surface area contributed by atoms with Crippen molar-refractivity contribution < 1.29 is 31.1 Å². The highest BCUT2D eigenvalue weighted by Gasteiger charge is 2.23. The first-order valence-corrected chi connectivity index (χ1v) is 13.6. The van der Waals surface area contributed by atoms with Gasteiger partial charge in [0.1, 0.15) is 18.2 Å². The first kappa shape index (κ1) is 24.7. The second-order valence-corrected chi connectivity index (χ2v) is 12.1. The lowest BCUT2D eigenvalue weighted by Gasteiger charge is -2.27.